The fourth-order valence-electron chi connectivity index (χ4n) is 2.22. The van der Waals surface area contributed by atoms with Crippen LogP contribution in [0.2, 0.25) is 0 Å². The van der Waals surface area contributed by atoms with Gasteiger partial charge >= 0.3 is 5.97 Å². The minimum absolute atomic E-state index is 0.160. The van der Waals surface area contributed by atoms with Crippen molar-refractivity contribution in [2.45, 2.75) is 18.5 Å². The number of fused-ring (bicyclic) bond motifs is 2. The molecule has 2 rings (SSSR count). The van der Waals surface area contributed by atoms with Gasteiger partial charge in [-0.25, -0.2) is 9.18 Å². The number of hydrogen-bond donors (Lipinski definition) is 1. The van der Waals surface area contributed by atoms with E-state index in [2.05, 4.69) is 4.90 Å². The van der Waals surface area contributed by atoms with Crippen LogP contribution in [-0.2, 0) is 4.79 Å². The number of nitrogens with zero attached hydrogens (tertiary/aromatic N) is 1. The fourth-order valence-corrected chi connectivity index (χ4v) is 2.22. The molecule has 0 aromatic carbocycles. The van der Waals surface area contributed by atoms with Gasteiger partial charge in [0.1, 0.15) is 0 Å². The highest BCUT2D eigenvalue weighted by Gasteiger charge is 2.52. The Hall–Kier alpha value is -0.640. The molecule has 0 aromatic rings. The highest BCUT2D eigenvalue weighted by Crippen LogP contribution is 2.38. The third-order valence-corrected chi connectivity index (χ3v) is 3.07. The average molecular weight is 173 g/mol. The average Bonchev–Trinajstić information content (AvgIpc) is 2.43. The van der Waals surface area contributed by atoms with Crippen LogP contribution < -0.4 is 0 Å². The Bertz CT molecular complexity index is 221. The number of hydrogen-bond acceptors (Lipinski definition) is 2. The smallest absolute Gasteiger partial charge is 0.341 e. The Labute approximate surface area is 70.2 Å². The molecule has 2 bridgehead atoms. The highest BCUT2D eigenvalue weighted by atomic mass is 19.1. The van der Waals surface area contributed by atoms with Crippen LogP contribution in [0.1, 0.15) is 12.8 Å². The van der Waals surface area contributed by atoms with Gasteiger partial charge in [0, 0.05) is 25.4 Å². The summed E-state index contributed by atoms with van der Waals surface area (Å²) in [5, 5.41) is 8.72. The van der Waals surface area contributed by atoms with Crippen molar-refractivity contribution in [1.29, 1.82) is 0 Å². The number of carboxylic acids is 1. The van der Waals surface area contributed by atoms with E-state index < -0.39 is 11.6 Å². The molecule has 3 nitrogen and oxygen atoms in total. The summed E-state index contributed by atoms with van der Waals surface area (Å²) >= 11 is 0. The first kappa shape index (κ1) is 7.98. The van der Waals surface area contributed by atoms with E-state index in [0.29, 0.717) is 19.5 Å². The van der Waals surface area contributed by atoms with E-state index in [0.717, 1.165) is 6.54 Å². The van der Waals surface area contributed by atoms with Gasteiger partial charge in [-0.1, -0.05) is 0 Å². The van der Waals surface area contributed by atoms with Crippen molar-refractivity contribution in [2.75, 3.05) is 19.6 Å². The van der Waals surface area contributed by atoms with Gasteiger partial charge in [0.05, 0.1) is 0 Å². The third-order valence-electron chi connectivity index (χ3n) is 3.07. The van der Waals surface area contributed by atoms with E-state index in [1.165, 1.54) is 0 Å². The van der Waals surface area contributed by atoms with Gasteiger partial charge in [0.2, 0.25) is 5.67 Å². The number of alkyl halides is 1. The summed E-state index contributed by atoms with van der Waals surface area (Å²) in [4.78, 5) is 12.8. The molecule has 1 N–H and O–H groups in total. The number of aliphatic carboxylic acids is 1. The second kappa shape index (κ2) is 2.42. The van der Waals surface area contributed by atoms with Crippen LogP contribution in [0.5, 0.6) is 0 Å². The molecular weight excluding hydrogens is 161 g/mol. The number of rotatable bonds is 1. The molecule has 68 valence electrons. The van der Waals surface area contributed by atoms with E-state index in [9.17, 15) is 9.18 Å². The summed E-state index contributed by atoms with van der Waals surface area (Å²) in [7, 11) is 0. The normalized spacial score (nSPS) is 46.1. The maximum Gasteiger partial charge on any atom is 0.341 e. The first-order valence-electron chi connectivity index (χ1n) is 4.27. The maximum atomic E-state index is 13.8. The van der Waals surface area contributed by atoms with Gasteiger partial charge < -0.3 is 10.0 Å². The monoisotopic (exact) mass is 173 g/mol. The summed E-state index contributed by atoms with van der Waals surface area (Å²) in [6.45, 7) is 2.09. The van der Waals surface area contributed by atoms with E-state index in [1.807, 2.05) is 0 Å². The lowest BCUT2D eigenvalue weighted by atomic mass is 9.84. The topological polar surface area (TPSA) is 40.5 Å². The van der Waals surface area contributed by atoms with E-state index in [-0.39, 0.29) is 12.3 Å². The predicted molar refractivity (Wildman–Crippen MR) is 40.6 cm³/mol. The summed E-state index contributed by atoms with van der Waals surface area (Å²) < 4.78 is 13.8. The molecule has 2 heterocycles. The summed E-state index contributed by atoms with van der Waals surface area (Å²) in [6.07, 6.45) is 0.857. The number of carbonyl (C=O) groups is 1. The molecule has 0 aliphatic carbocycles. The molecule has 2 saturated heterocycles. The second-order valence-electron chi connectivity index (χ2n) is 3.70. The van der Waals surface area contributed by atoms with Crippen LogP contribution in [0.15, 0.2) is 0 Å². The van der Waals surface area contributed by atoms with Crippen molar-refractivity contribution < 1.29 is 14.3 Å². The van der Waals surface area contributed by atoms with Crippen LogP contribution >= 0.6 is 0 Å². The molecule has 3 atom stereocenters. The number of carboxylic acid groups (broad SMARTS) is 1. The Morgan fingerprint density at radius 2 is 2.33 bits per heavy atom. The Balaban J connectivity index is 2.21. The lowest BCUT2D eigenvalue weighted by Crippen LogP contribution is -2.48. The van der Waals surface area contributed by atoms with Crippen molar-refractivity contribution in [2.24, 2.45) is 5.92 Å². The molecule has 0 spiro atoms. The number of halogens is 1. The van der Waals surface area contributed by atoms with Gasteiger partial charge in [-0.2, -0.15) is 0 Å². The van der Waals surface area contributed by atoms with Crippen molar-refractivity contribution in [3.05, 3.63) is 0 Å². The van der Waals surface area contributed by atoms with Crippen molar-refractivity contribution >= 4 is 5.97 Å². The largest absolute Gasteiger partial charge is 0.479 e. The lowest BCUT2D eigenvalue weighted by Gasteiger charge is -2.32. The van der Waals surface area contributed by atoms with E-state index >= 15 is 0 Å². The zero-order valence-corrected chi connectivity index (χ0v) is 6.79. The predicted octanol–water partition coefficient (Wildman–Crippen LogP) is 0.505. The molecular formula is C8H12FNO2. The summed E-state index contributed by atoms with van der Waals surface area (Å²) in [5.74, 6) is -1.54. The van der Waals surface area contributed by atoms with Gasteiger partial charge in [-0.15, -0.1) is 0 Å². The molecule has 0 aromatic heterocycles. The molecule has 12 heavy (non-hydrogen) atoms. The van der Waals surface area contributed by atoms with Crippen LogP contribution in [-0.4, -0.2) is 41.3 Å². The van der Waals surface area contributed by atoms with Crippen molar-refractivity contribution in [3.63, 3.8) is 0 Å². The standard InChI is InChI=1S/C8H12FNO2/c9-8(7(11)12)2-4-10-3-1-6(8)5-10/h6H,1-5H2,(H,11,12). The summed E-state index contributed by atoms with van der Waals surface area (Å²) in [6, 6.07) is 0. The van der Waals surface area contributed by atoms with Gasteiger partial charge in [0.25, 0.3) is 0 Å². The molecule has 0 amide bonds. The Morgan fingerprint density at radius 1 is 1.58 bits per heavy atom. The zero-order chi connectivity index (χ0) is 8.77. The molecule has 3 unspecified atom stereocenters. The minimum Gasteiger partial charge on any atom is -0.479 e. The first-order chi connectivity index (χ1) is 5.63. The Morgan fingerprint density at radius 3 is 3.00 bits per heavy atom. The van der Waals surface area contributed by atoms with Gasteiger partial charge in [-0.3, -0.25) is 0 Å². The van der Waals surface area contributed by atoms with Crippen LogP contribution in [0.4, 0.5) is 4.39 Å². The van der Waals surface area contributed by atoms with E-state index in [4.69, 9.17) is 5.11 Å². The molecule has 2 aliphatic heterocycles. The molecule has 4 heteroatoms. The quantitative estimate of drug-likeness (QED) is 0.628. The molecule has 2 aliphatic rings. The highest BCUT2D eigenvalue weighted by molar-refractivity contribution is 5.78. The molecule has 2 fully saturated rings. The Kier molecular flexibility index (Phi) is 1.61. The first-order valence-corrected chi connectivity index (χ1v) is 4.27. The van der Waals surface area contributed by atoms with Crippen LogP contribution in [0.25, 0.3) is 0 Å². The van der Waals surface area contributed by atoms with Crippen LogP contribution in [0, 0.1) is 5.92 Å². The maximum absolute atomic E-state index is 13.8. The third kappa shape index (κ3) is 0.941. The lowest BCUT2D eigenvalue weighted by molar-refractivity contribution is -0.157. The van der Waals surface area contributed by atoms with Gasteiger partial charge in [-0.05, 0) is 13.0 Å². The summed E-state index contributed by atoms with van der Waals surface area (Å²) in [5.41, 5.74) is -1.94. The number of piperidine rings is 1. The molecule has 0 saturated carbocycles. The van der Waals surface area contributed by atoms with E-state index in [1.54, 1.807) is 0 Å². The van der Waals surface area contributed by atoms with Gasteiger partial charge in [0.15, 0.2) is 0 Å². The molecule has 0 radical (unpaired) electrons. The van der Waals surface area contributed by atoms with Crippen LogP contribution in [0.3, 0.4) is 0 Å². The fraction of sp³-hybridized carbons (Fsp3) is 0.875. The second-order valence-corrected chi connectivity index (χ2v) is 3.70. The zero-order valence-electron chi connectivity index (χ0n) is 6.79. The van der Waals surface area contributed by atoms with Crippen molar-refractivity contribution in [3.8, 4) is 0 Å². The minimum atomic E-state index is -1.94. The SMILES string of the molecule is O=C(O)C1(F)CCN2CCC1C2. The van der Waals surface area contributed by atoms with Crippen molar-refractivity contribution in [1.82, 2.24) is 4.90 Å².